The number of nitrogens with zero attached hydrogens (tertiary/aromatic N) is 4. The van der Waals surface area contributed by atoms with Gasteiger partial charge in [-0.15, -0.1) is 0 Å². The number of rotatable bonds is 6. The van der Waals surface area contributed by atoms with E-state index in [1.54, 1.807) is 0 Å². The van der Waals surface area contributed by atoms with E-state index in [4.69, 9.17) is 0 Å². The normalized spacial score (nSPS) is 15.2. The van der Waals surface area contributed by atoms with Gasteiger partial charge in [-0.1, -0.05) is 46.9 Å². The smallest absolute Gasteiger partial charge is 0.264 e. The van der Waals surface area contributed by atoms with Gasteiger partial charge in [0.2, 0.25) is 11.0 Å². The van der Waals surface area contributed by atoms with Gasteiger partial charge < -0.3 is 9.80 Å². The second kappa shape index (κ2) is 9.43. The number of thiazole rings is 2. The van der Waals surface area contributed by atoms with Crippen LogP contribution in [0.25, 0.3) is 32.6 Å². The highest BCUT2D eigenvalue weighted by Crippen LogP contribution is 2.22. The molecule has 0 atom stereocenters. The Morgan fingerprint density at radius 3 is 1.50 bits per heavy atom. The maximum absolute atomic E-state index is 2.44. The van der Waals surface area contributed by atoms with E-state index in [2.05, 4.69) is 106 Å². The molecule has 4 nitrogen and oxygen atoms in total. The van der Waals surface area contributed by atoms with Crippen molar-refractivity contribution in [3.8, 4) is 0 Å². The summed E-state index contributed by atoms with van der Waals surface area (Å²) >= 11 is 3.75. The predicted molar refractivity (Wildman–Crippen MR) is 137 cm³/mol. The van der Waals surface area contributed by atoms with E-state index in [0.29, 0.717) is 0 Å². The molecule has 0 bridgehead atoms. The molecule has 3 heterocycles. The monoisotopic (exact) mass is 462 g/mol. The SMILES string of the molecule is CC[n+]1c(/C=C/N2CCN(/C=C/c3sc4ccccc4[n+]3CC)CC2)sc2ccccc21. The first-order chi connectivity index (χ1) is 15.8. The van der Waals surface area contributed by atoms with Crippen LogP contribution in [-0.4, -0.2) is 36.0 Å². The van der Waals surface area contributed by atoms with E-state index in [1.165, 1.54) is 30.4 Å². The van der Waals surface area contributed by atoms with Crippen molar-refractivity contribution in [1.29, 1.82) is 0 Å². The molecule has 1 saturated heterocycles. The Balaban J connectivity index is 1.23. The number of para-hydroxylation sites is 2. The van der Waals surface area contributed by atoms with E-state index in [9.17, 15) is 0 Å². The molecule has 0 saturated carbocycles. The first-order valence-corrected chi connectivity index (χ1v) is 13.1. The molecule has 2 aromatic heterocycles. The summed E-state index contributed by atoms with van der Waals surface area (Å²) in [4.78, 5) is 4.89. The summed E-state index contributed by atoms with van der Waals surface area (Å²) in [6, 6.07) is 17.4. The standard InChI is InChI=1S/C26H30N4S2/c1-3-29-21-9-5-7-11-23(21)31-25(29)13-15-27-17-19-28(20-18-27)16-14-26-30(4-2)22-10-6-8-12-24(22)32-26/h5-16H,3-4,17-20H2,1-2H3/q+2. The van der Waals surface area contributed by atoms with Crippen LogP contribution in [0.1, 0.15) is 23.9 Å². The van der Waals surface area contributed by atoms with Crippen molar-refractivity contribution in [3.63, 3.8) is 0 Å². The van der Waals surface area contributed by atoms with Crippen LogP contribution in [0.15, 0.2) is 60.9 Å². The van der Waals surface area contributed by atoms with Crippen LogP contribution in [0.5, 0.6) is 0 Å². The highest BCUT2D eigenvalue weighted by molar-refractivity contribution is 7.19. The van der Waals surface area contributed by atoms with Gasteiger partial charge >= 0.3 is 0 Å². The van der Waals surface area contributed by atoms with Crippen LogP contribution in [-0.2, 0) is 13.1 Å². The number of benzene rings is 2. The molecule has 32 heavy (non-hydrogen) atoms. The number of aromatic nitrogens is 2. The molecule has 1 aliphatic heterocycles. The lowest BCUT2D eigenvalue weighted by molar-refractivity contribution is -0.665. The topological polar surface area (TPSA) is 14.2 Å². The van der Waals surface area contributed by atoms with Gasteiger partial charge in [0.25, 0.3) is 10.0 Å². The Labute approximate surface area is 198 Å². The van der Waals surface area contributed by atoms with Gasteiger partial charge in [0.15, 0.2) is 0 Å². The predicted octanol–water partition coefficient (Wildman–Crippen LogP) is 4.99. The van der Waals surface area contributed by atoms with Crippen molar-refractivity contribution >= 4 is 55.3 Å². The minimum Gasteiger partial charge on any atom is -0.374 e. The van der Waals surface area contributed by atoms with Crippen LogP contribution in [0.4, 0.5) is 0 Å². The van der Waals surface area contributed by atoms with Gasteiger partial charge in [-0.3, -0.25) is 0 Å². The van der Waals surface area contributed by atoms with Crippen molar-refractivity contribution in [2.24, 2.45) is 0 Å². The average Bonchev–Trinajstić information content (AvgIpc) is 3.39. The highest BCUT2D eigenvalue weighted by Gasteiger charge is 2.19. The second-order valence-electron chi connectivity index (χ2n) is 8.01. The first kappa shape index (κ1) is 21.2. The van der Waals surface area contributed by atoms with Gasteiger partial charge in [0.1, 0.15) is 22.5 Å². The van der Waals surface area contributed by atoms with Gasteiger partial charge in [-0.05, 0) is 26.0 Å². The summed E-state index contributed by atoms with van der Waals surface area (Å²) in [6.07, 6.45) is 9.16. The molecule has 2 aromatic carbocycles. The third kappa shape index (κ3) is 4.17. The van der Waals surface area contributed by atoms with Crippen molar-refractivity contribution in [3.05, 3.63) is 70.9 Å². The lowest BCUT2D eigenvalue weighted by Crippen LogP contribution is -2.41. The molecule has 0 unspecified atom stereocenters. The quantitative estimate of drug-likeness (QED) is 0.375. The zero-order chi connectivity index (χ0) is 21.9. The first-order valence-electron chi connectivity index (χ1n) is 11.4. The Bertz CT molecular complexity index is 1180. The van der Waals surface area contributed by atoms with Crippen LogP contribution < -0.4 is 9.13 Å². The van der Waals surface area contributed by atoms with Crippen molar-refractivity contribution in [2.45, 2.75) is 26.9 Å². The maximum Gasteiger partial charge on any atom is 0.264 e. The maximum atomic E-state index is 2.44. The summed E-state index contributed by atoms with van der Waals surface area (Å²) in [7, 11) is 0. The van der Waals surface area contributed by atoms with Gasteiger partial charge in [0.05, 0.1) is 0 Å². The minimum absolute atomic E-state index is 0.998. The van der Waals surface area contributed by atoms with Gasteiger partial charge in [0, 0.05) is 62.9 Å². The fourth-order valence-corrected chi connectivity index (χ4v) is 6.62. The van der Waals surface area contributed by atoms with Crippen molar-refractivity contribution in [2.75, 3.05) is 26.2 Å². The minimum atomic E-state index is 0.998. The summed E-state index contributed by atoms with van der Waals surface area (Å²) in [5.41, 5.74) is 2.67. The molecular weight excluding hydrogens is 432 g/mol. The third-order valence-corrected chi connectivity index (χ3v) is 8.37. The van der Waals surface area contributed by atoms with E-state index in [1.807, 2.05) is 22.7 Å². The summed E-state index contributed by atoms with van der Waals surface area (Å²) in [5.74, 6) is 0. The number of hydrogen-bond acceptors (Lipinski definition) is 4. The van der Waals surface area contributed by atoms with E-state index in [-0.39, 0.29) is 0 Å². The lowest BCUT2D eigenvalue weighted by Gasteiger charge is -2.33. The molecule has 0 amide bonds. The van der Waals surface area contributed by atoms with Crippen molar-refractivity contribution < 1.29 is 9.13 Å². The Kier molecular flexibility index (Phi) is 6.23. The fourth-order valence-electron chi connectivity index (χ4n) is 4.38. The lowest BCUT2D eigenvalue weighted by atomic mass is 10.3. The Morgan fingerprint density at radius 1 is 0.688 bits per heavy atom. The summed E-state index contributed by atoms with van der Waals surface area (Å²) < 4.78 is 7.52. The molecule has 1 aliphatic rings. The highest BCUT2D eigenvalue weighted by atomic mass is 32.1. The van der Waals surface area contributed by atoms with Crippen molar-refractivity contribution in [1.82, 2.24) is 9.80 Å². The molecule has 0 spiro atoms. The molecule has 6 heteroatoms. The largest absolute Gasteiger partial charge is 0.374 e. The van der Waals surface area contributed by atoms with Gasteiger partial charge in [-0.2, -0.15) is 9.13 Å². The summed E-state index contributed by atoms with van der Waals surface area (Å²) in [5, 5.41) is 2.65. The summed E-state index contributed by atoms with van der Waals surface area (Å²) in [6.45, 7) is 10.7. The molecule has 164 valence electrons. The van der Waals surface area contributed by atoms with E-state index in [0.717, 1.165) is 39.3 Å². The van der Waals surface area contributed by atoms with Crippen LogP contribution >= 0.6 is 22.7 Å². The molecule has 4 aromatic rings. The Hall–Kier alpha value is -2.70. The average molecular weight is 463 g/mol. The molecule has 0 aliphatic carbocycles. The van der Waals surface area contributed by atoms with Crippen LogP contribution in [0, 0.1) is 0 Å². The number of fused-ring (bicyclic) bond motifs is 2. The van der Waals surface area contributed by atoms with E-state index >= 15 is 0 Å². The van der Waals surface area contributed by atoms with Crippen LogP contribution in [0.2, 0.25) is 0 Å². The van der Waals surface area contributed by atoms with E-state index < -0.39 is 0 Å². The molecule has 5 rings (SSSR count). The molecule has 0 N–H and O–H groups in total. The zero-order valence-corrected chi connectivity index (χ0v) is 20.4. The number of aryl methyl sites for hydroxylation is 2. The van der Waals surface area contributed by atoms with Gasteiger partial charge in [-0.25, -0.2) is 0 Å². The molecular formula is C26H30N4S2+2. The number of piperazine rings is 1. The molecule has 0 radical (unpaired) electrons. The van der Waals surface area contributed by atoms with Crippen LogP contribution in [0.3, 0.4) is 0 Å². The zero-order valence-electron chi connectivity index (χ0n) is 18.8. The molecule has 1 fully saturated rings. The fraction of sp³-hybridized carbons (Fsp3) is 0.308. The third-order valence-electron chi connectivity index (χ3n) is 6.11. The Morgan fingerprint density at radius 2 is 1.09 bits per heavy atom. The second-order valence-corrected chi connectivity index (χ2v) is 10.1. The number of hydrogen-bond donors (Lipinski definition) is 0.